The molecule has 5 rings (SSSR count). The van der Waals surface area contributed by atoms with Crippen LogP contribution in [0.2, 0.25) is 0 Å². The molecule has 49 heavy (non-hydrogen) atoms. The number of benzene rings is 3. The summed E-state index contributed by atoms with van der Waals surface area (Å²) in [5.41, 5.74) is 7.52. The van der Waals surface area contributed by atoms with Crippen molar-refractivity contribution >= 4 is 27.7 Å². The maximum Gasteiger partial charge on any atom is 0.219 e. The molecule has 0 unspecified atom stereocenters. The molecule has 3 aromatic carbocycles. The molecule has 0 aliphatic rings. The van der Waals surface area contributed by atoms with Crippen LogP contribution in [0.1, 0.15) is 99.1 Å². The summed E-state index contributed by atoms with van der Waals surface area (Å²) in [7, 11) is 0. The van der Waals surface area contributed by atoms with Crippen molar-refractivity contribution < 1.29 is 34.4 Å². The SMILES string of the molecule is CC(C)Cc1ccc(-c2cc(-c3[c-]c4ccccc4c(C(C)(C)C)c3)nc3occc23)cc1.CCC(CC)C(=O)/C=C(\O)C(CC)CC.[Ir]. The van der Waals surface area contributed by atoms with Gasteiger partial charge in [0.25, 0.3) is 0 Å². The quantitative estimate of drug-likeness (QED) is 0.0818. The molecule has 1 radical (unpaired) electrons. The van der Waals surface area contributed by atoms with Gasteiger partial charge in [0, 0.05) is 49.1 Å². The Morgan fingerprint density at radius 2 is 1.51 bits per heavy atom. The number of aliphatic hydroxyl groups excluding tert-OH is 1. The number of ketones is 1. The average molecular weight is 837 g/mol. The maximum absolute atomic E-state index is 11.7. The van der Waals surface area contributed by atoms with Gasteiger partial charge >= 0.3 is 0 Å². The van der Waals surface area contributed by atoms with E-state index in [1.165, 1.54) is 28.2 Å². The van der Waals surface area contributed by atoms with Crippen LogP contribution < -0.4 is 0 Å². The van der Waals surface area contributed by atoms with E-state index >= 15 is 0 Å². The fourth-order valence-electron chi connectivity index (χ4n) is 6.39. The zero-order valence-electron chi connectivity index (χ0n) is 30.8. The zero-order chi connectivity index (χ0) is 35.0. The number of hydrogen-bond donors (Lipinski definition) is 1. The first-order valence-corrected chi connectivity index (χ1v) is 17.8. The van der Waals surface area contributed by atoms with E-state index in [1.807, 2.05) is 33.8 Å². The molecule has 263 valence electrons. The summed E-state index contributed by atoms with van der Waals surface area (Å²) < 4.78 is 5.78. The molecule has 0 fully saturated rings. The minimum Gasteiger partial charge on any atom is -0.512 e. The summed E-state index contributed by atoms with van der Waals surface area (Å²) in [5.74, 6) is 1.19. The molecular formula is C44H54IrNO3-. The largest absolute Gasteiger partial charge is 0.512 e. The van der Waals surface area contributed by atoms with Crippen LogP contribution in [-0.2, 0) is 36.7 Å². The number of rotatable bonds is 11. The molecule has 2 aromatic heterocycles. The molecule has 0 amide bonds. The Balaban J connectivity index is 0.000000347. The van der Waals surface area contributed by atoms with Gasteiger partial charge in [0.2, 0.25) is 5.71 Å². The van der Waals surface area contributed by atoms with Gasteiger partial charge in [-0.15, -0.1) is 29.1 Å². The van der Waals surface area contributed by atoms with Crippen LogP contribution in [0.25, 0.3) is 44.3 Å². The van der Waals surface area contributed by atoms with Crippen LogP contribution in [0.5, 0.6) is 0 Å². The molecule has 0 bridgehead atoms. The number of fused-ring (bicyclic) bond motifs is 2. The predicted molar refractivity (Wildman–Crippen MR) is 202 cm³/mol. The molecule has 0 aliphatic carbocycles. The van der Waals surface area contributed by atoms with Crippen LogP contribution >= 0.6 is 0 Å². The van der Waals surface area contributed by atoms with Crippen molar-refractivity contribution in [3.63, 3.8) is 0 Å². The molecule has 0 spiro atoms. The number of nitrogens with zero attached hydrogens (tertiary/aromatic N) is 1. The fourth-order valence-corrected chi connectivity index (χ4v) is 6.39. The Bertz CT molecular complexity index is 1830. The number of carbonyl (C=O) groups excluding carboxylic acids is 1. The third kappa shape index (κ3) is 10.0. The van der Waals surface area contributed by atoms with E-state index in [2.05, 4.69) is 101 Å². The standard InChI is InChI=1S/C31H30NO.C13H24O2.Ir/c1-20(2)16-21-10-12-22(13-11-21)27-19-29(32-30-26(27)14-15-33-30)24-17-23-8-6-7-9-25(23)28(18-24)31(3,4)5;1-5-10(6-2)12(14)9-13(15)11(7-3)8-4;/h6-15,18-20H,16H2,1-5H3;9-11,14H,5-8H2,1-4H3;/q-1;;/b;12-9-;. The first-order chi connectivity index (χ1) is 22.9. The molecule has 5 heteroatoms. The number of allylic oxidation sites excluding steroid dienone is 2. The monoisotopic (exact) mass is 837 g/mol. The fraction of sp³-hybridized carbons (Fsp3) is 0.409. The Kier molecular flexibility index (Phi) is 14.6. The van der Waals surface area contributed by atoms with Gasteiger partial charge in [0.05, 0.1) is 12.0 Å². The Labute approximate surface area is 307 Å². The number of furan rings is 1. The van der Waals surface area contributed by atoms with Crippen LogP contribution in [0.15, 0.2) is 89.2 Å². The summed E-state index contributed by atoms with van der Waals surface area (Å²) in [6.45, 7) is 19.3. The summed E-state index contributed by atoms with van der Waals surface area (Å²) in [6, 6.07) is 27.4. The van der Waals surface area contributed by atoms with Crippen LogP contribution in [0.4, 0.5) is 0 Å². The number of carbonyl (C=O) groups is 1. The predicted octanol–water partition coefficient (Wildman–Crippen LogP) is 12.5. The van der Waals surface area contributed by atoms with Crippen LogP contribution in [0, 0.1) is 23.8 Å². The molecule has 0 aliphatic heterocycles. The molecule has 2 heterocycles. The summed E-state index contributed by atoms with van der Waals surface area (Å²) >= 11 is 0. The van der Waals surface area contributed by atoms with Gasteiger partial charge in [0.1, 0.15) is 0 Å². The number of pyridine rings is 1. The first-order valence-electron chi connectivity index (χ1n) is 17.8. The van der Waals surface area contributed by atoms with Gasteiger partial charge in [-0.05, 0) is 66.2 Å². The van der Waals surface area contributed by atoms with E-state index in [-0.39, 0.29) is 48.9 Å². The maximum atomic E-state index is 11.7. The van der Waals surface area contributed by atoms with Crippen molar-refractivity contribution in [2.75, 3.05) is 0 Å². The van der Waals surface area contributed by atoms with Crippen molar-refractivity contribution in [1.29, 1.82) is 0 Å². The Morgan fingerprint density at radius 3 is 2.10 bits per heavy atom. The van der Waals surface area contributed by atoms with E-state index in [0.29, 0.717) is 11.6 Å². The van der Waals surface area contributed by atoms with Crippen molar-refractivity contribution in [1.82, 2.24) is 4.98 Å². The smallest absolute Gasteiger partial charge is 0.219 e. The molecule has 0 saturated heterocycles. The first kappa shape index (κ1) is 39.9. The van der Waals surface area contributed by atoms with E-state index in [0.717, 1.165) is 59.7 Å². The molecular weight excluding hydrogens is 783 g/mol. The molecule has 4 nitrogen and oxygen atoms in total. The van der Waals surface area contributed by atoms with Crippen molar-refractivity contribution in [2.45, 2.75) is 99.8 Å². The van der Waals surface area contributed by atoms with Crippen LogP contribution in [-0.4, -0.2) is 15.9 Å². The van der Waals surface area contributed by atoms with Gasteiger partial charge in [0.15, 0.2) is 5.78 Å². The normalized spacial score (nSPS) is 12.0. The number of hydrogen-bond acceptors (Lipinski definition) is 4. The summed E-state index contributed by atoms with van der Waals surface area (Å²) in [6.07, 6.45) is 7.72. The van der Waals surface area contributed by atoms with Gasteiger partial charge in [-0.3, -0.25) is 9.78 Å². The van der Waals surface area contributed by atoms with Crippen LogP contribution in [0.3, 0.4) is 0 Å². The van der Waals surface area contributed by atoms with Crippen molar-refractivity contribution in [2.24, 2.45) is 17.8 Å². The second kappa shape index (κ2) is 17.9. The molecule has 1 N–H and O–H groups in total. The van der Waals surface area contributed by atoms with Gasteiger partial charge < -0.3 is 9.52 Å². The Morgan fingerprint density at radius 1 is 0.878 bits per heavy atom. The molecule has 5 aromatic rings. The van der Waals surface area contributed by atoms with E-state index < -0.39 is 0 Å². The zero-order valence-corrected chi connectivity index (χ0v) is 33.2. The Hall–Kier alpha value is -3.53. The topological polar surface area (TPSA) is 63.3 Å². The summed E-state index contributed by atoms with van der Waals surface area (Å²) in [5, 5.41) is 13.2. The van der Waals surface area contributed by atoms with E-state index in [4.69, 9.17) is 9.40 Å². The number of aromatic nitrogens is 1. The van der Waals surface area contributed by atoms with E-state index in [1.54, 1.807) is 6.26 Å². The molecule has 0 atom stereocenters. The number of aliphatic hydroxyl groups is 1. The molecule has 0 saturated carbocycles. The minimum absolute atomic E-state index is 0. The van der Waals surface area contributed by atoms with Gasteiger partial charge in [-0.1, -0.05) is 122 Å². The average Bonchev–Trinajstić information content (AvgIpc) is 3.54. The van der Waals surface area contributed by atoms with Gasteiger partial charge in [-0.2, -0.15) is 0 Å². The third-order valence-corrected chi connectivity index (χ3v) is 9.29. The van der Waals surface area contributed by atoms with E-state index in [9.17, 15) is 9.90 Å². The minimum atomic E-state index is 0. The third-order valence-electron chi connectivity index (χ3n) is 9.29. The van der Waals surface area contributed by atoms with Crippen molar-refractivity contribution in [3.05, 3.63) is 102 Å². The second-order valence-corrected chi connectivity index (χ2v) is 14.4. The summed E-state index contributed by atoms with van der Waals surface area (Å²) in [4.78, 5) is 16.6. The van der Waals surface area contributed by atoms with Crippen molar-refractivity contribution in [3.8, 4) is 22.4 Å². The second-order valence-electron chi connectivity index (χ2n) is 14.4. The van der Waals surface area contributed by atoms with Gasteiger partial charge in [-0.25, -0.2) is 0 Å².